The molecular weight excluding hydrogens is 681 g/mol. The average Bonchev–Trinajstić information content (AvgIpc) is 3.15. The maximum Gasteiger partial charge on any atom is 0.328 e. The van der Waals surface area contributed by atoms with Crippen LogP contribution in [0.15, 0.2) is 24.3 Å². The molecule has 0 aliphatic rings. The first-order valence-corrected chi connectivity index (χ1v) is 22.2. The number of allylic oxidation sites excluding steroid dienone is 3. The molecule has 2 unspecified atom stereocenters. The van der Waals surface area contributed by atoms with Crippen LogP contribution < -0.4 is 10.6 Å². The quantitative estimate of drug-likeness (QED) is 0.0276. The van der Waals surface area contributed by atoms with Crippen molar-refractivity contribution in [3.8, 4) is 0 Å². The Morgan fingerprint density at radius 1 is 0.574 bits per heavy atom. The van der Waals surface area contributed by atoms with E-state index in [4.69, 9.17) is 14.9 Å². The summed E-state index contributed by atoms with van der Waals surface area (Å²) in [5.74, 6) is -2.41. The second kappa shape index (κ2) is 40.0. The molecule has 0 aromatic rings. The highest BCUT2D eigenvalue weighted by Gasteiger charge is 2.18. The van der Waals surface area contributed by atoms with E-state index >= 15 is 0 Å². The highest BCUT2D eigenvalue weighted by molar-refractivity contribution is 5.87. The van der Waals surface area contributed by atoms with Gasteiger partial charge in [-0.25, -0.2) is 4.79 Å². The number of hydrogen-bond acceptors (Lipinski definition) is 6. The molecule has 0 fully saturated rings. The van der Waals surface area contributed by atoms with Gasteiger partial charge in [-0.3, -0.25) is 14.4 Å². The van der Waals surface area contributed by atoms with E-state index in [1.165, 1.54) is 128 Å². The van der Waals surface area contributed by atoms with E-state index in [-0.39, 0.29) is 30.9 Å². The molecule has 0 aromatic carbocycles. The lowest BCUT2D eigenvalue weighted by atomic mass is 10.0. The van der Waals surface area contributed by atoms with Crippen LogP contribution in [0.4, 0.5) is 0 Å². The standard InChI is InChI=1S/C45H82N2O7/c1-3-5-7-9-11-13-14-15-16-17-18-19-20-21-22-23-25-27-33-37-44(51)54-40(34-30-26-24-12-10-8-6-4-2)35-31-28-29-32-36-42(49)46-38-43(50)47-41(39-48)45(52)53/h12,24,30,34,40-41,48H,3-11,13-23,25-29,31-33,35-39H2,1-2H3,(H,46,49)(H,47,50)(H,52,53)/b24-12-,34-30-. The largest absolute Gasteiger partial charge is 0.480 e. The van der Waals surface area contributed by atoms with Crippen molar-refractivity contribution in [2.45, 2.75) is 225 Å². The first-order chi connectivity index (χ1) is 26.3. The van der Waals surface area contributed by atoms with Crippen molar-refractivity contribution in [1.82, 2.24) is 10.6 Å². The number of carbonyl (C=O) groups excluding carboxylic acids is 3. The summed E-state index contributed by atoms with van der Waals surface area (Å²) < 4.78 is 5.89. The molecule has 2 atom stereocenters. The third kappa shape index (κ3) is 36.3. The molecule has 0 radical (unpaired) electrons. The topological polar surface area (TPSA) is 142 Å². The zero-order valence-electron chi connectivity index (χ0n) is 34.7. The molecule has 0 aliphatic carbocycles. The Bertz CT molecular complexity index is 968. The predicted octanol–water partition coefficient (Wildman–Crippen LogP) is 10.8. The number of aliphatic carboxylic acids is 1. The number of nitrogens with one attached hydrogen (secondary N) is 2. The van der Waals surface area contributed by atoms with Crippen molar-refractivity contribution < 1.29 is 34.1 Å². The zero-order chi connectivity index (χ0) is 39.7. The zero-order valence-corrected chi connectivity index (χ0v) is 34.7. The Hall–Kier alpha value is -2.68. The number of amides is 2. The Kier molecular flexibility index (Phi) is 38.0. The summed E-state index contributed by atoms with van der Waals surface area (Å²) in [4.78, 5) is 47.5. The number of ether oxygens (including phenoxy) is 1. The fourth-order valence-corrected chi connectivity index (χ4v) is 6.49. The van der Waals surface area contributed by atoms with Crippen molar-refractivity contribution in [3.05, 3.63) is 24.3 Å². The number of aliphatic hydroxyl groups is 1. The van der Waals surface area contributed by atoms with Gasteiger partial charge >= 0.3 is 11.9 Å². The summed E-state index contributed by atoms with van der Waals surface area (Å²) in [5.41, 5.74) is 0. The Balaban J connectivity index is 4.18. The highest BCUT2D eigenvalue weighted by Crippen LogP contribution is 2.16. The van der Waals surface area contributed by atoms with Gasteiger partial charge in [0.15, 0.2) is 0 Å². The number of esters is 1. The minimum Gasteiger partial charge on any atom is -0.480 e. The van der Waals surface area contributed by atoms with Crippen molar-refractivity contribution in [1.29, 1.82) is 0 Å². The van der Waals surface area contributed by atoms with Crippen LogP contribution in [0.2, 0.25) is 0 Å². The molecule has 54 heavy (non-hydrogen) atoms. The number of carbonyl (C=O) groups is 4. The second-order valence-corrected chi connectivity index (χ2v) is 15.1. The monoisotopic (exact) mass is 763 g/mol. The molecule has 0 bridgehead atoms. The van der Waals surface area contributed by atoms with Crippen LogP contribution in [0, 0.1) is 0 Å². The van der Waals surface area contributed by atoms with Gasteiger partial charge in [-0.15, -0.1) is 0 Å². The van der Waals surface area contributed by atoms with Crippen LogP contribution in [-0.4, -0.2) is 59.3 Å². The van der Waals surface area contributed by atoms with E-state index in [0.717, 1.165) is 51.4 Å². The number of aliphatic hydroxyl groups excluding tert-OH is 1. The van der Waals surface area contributed by atoms with Crippen LogP contribution >= 0.6 is 0 Å². The van der Waals surface area contributed by atoms with Gasteiger partial charge in [-0.05, 0) is 51.0 Å². The lowest BCUT2D eigenvalue weighted by molar-refractivity contribution is -0.147. The van der Waals surface area contributed by atoms with Gasteiger partial charge in [0.2, 0.25) is 11.8 Å². The van der Waals surface area contributed by atoms with E-state index in [9.17, 15) is 19.2 Å². The molecule has 0 heterocycles. The first kappa shape index (κ1) is 51.3. The normalized spacial score (nSPS) is 12.6. The van der Waals surface area contributed by atoms with E-state index in [1.54, 1.807) is 0 Å². The first-order valence-electron chi connectivity index (χ1n) is 22.2. The van der Waals surface area contributed by atoms with Crippen LogP contribution in [0.5, 0.6) is 0 Å². The van der Waals surface area contributed by atoms with Crippen molar-refractivity contribution >= 4 is 23.8 Å². The Morgan fingerprint density at radius 3 is 1.57 bits per heavy atom. The molecule has 0 saturated carbocycles. The molecule has 9 nitrogen and oxygen atoms in total. The number of carboxylic acids is 1. The molecule has 0 saturated heterocycles. The maximum absolute atomic E-state index is 12.7. The minimum atomic E-state index is -1.39. The molecule has 0 aliphatic heterocycles. The molecule has 4 N–H and O–H groups in total. The fourth-order valence-electron chi connectivity index (χ4n) is 6.49. The Morgan fingerprint density at radius 2 is 1.06 bits per heavy atom. The predicted molar refractivity (Wildman–Crippen MR) is 222 cm³/mol. The van der Waals surface area contributed by atoms with Gasteiger partial charge in [-0.2, -0.15) is 0 Å². The lowest BCUT2D eigenvalue weighted by Gasteiger charge is -2.15. The minimum absolute atomic E-state index is 0.124. The molecular formula is C45H82N2O7. The highest BCUT2D eigenvalue weighted by atomic mass is 16.5. The smallest absolute Gasteiger partial charge is 0.328 e. The third-order valence-electron chi connectivity index (χ3n) is 9.94. The number of hydrogen-bond donors (Lipinski definition) is 4. The number of unbranched alkanes of at least 4 members (excludes halogenated alkanes) is 24. The maximum atomic E-state index is 12.7. The lowest BCUT2D eigenvalue weighted by Crippen LogP contribution is -2.47. The number of rotatable bonds is 40. The van der Waals surface area contributed by atoms with Crippen LogP contribution in [0.25, 0.3) is 0 Å². The summed E-state index contributed by atoms with van der Waals surface area (Å²) in [6.07, 6.45) is 43.8. The molecule has 314 valence electrons. The van der Waals surface area contributed by atoms with Crippen LogP contribution in [-0.2, 0) is 23.9 Å². The van der Waals surface area contributed by atoms with Gasteiger partial charge < -0.3 is 25.6 Å². The molecule has 0 spiro atoms. The van der Waals surface area contributed by atoms with Crippen molar-refractivity contribution in [3.63, 3.8) is 0 Å². The van der Waals surface area contributed by atoms with Crippen molar-refractivity contribution in [2.75, 3.05) is 13.2 Å². The molecule has 0 rings (SSSR count). The fraction of sp³-hybridized carbons (Fsp3) is 0.822. The average molecular weight is 763 g/mol. The molecule has 0 aromatic heterocycles. The van der Waals surface area contributed by atoms with E-state index < -0.39 is 24.5 Å². The Labute approximate surface area is 330 Å². The van der Waals surface area contributed by atoms with Gasteiger partial charge in [0.1, 0.15) is 12.1 Å². The summed E-state index contributed by atoms with van der Waals surface area (Å²) in [7, 11) is 0. The summed E-state index contributed by atoms with van der Waals surface area (Å²) in [6, 6.07) is -1.39. The number of carboxylic acid groups (broad SMARTS) is 1. The van der Waals surface area contributed by atoms with E-state index in [2.05, 4.69) is 42.7 Å². The van der Waals surface area contributed by atoms with Gasteiger partial charge in [-0.1, -0.05) is 173 Å². The molecule has 9 heteroatoms. The summed E-state index contributed by atoms with van der Waals surface area (Å²) in [5, 5.41) is 22.5. The van der Waals surface area contributed by atoms with E-state index in [1.807, 2.05) is 6.08 Å². The summed E-state index contributed by atoms with van der Waals surface area (Å²) >= 11 is 0. The van der Waals surface area contributed by atoms with Crippen LogP contribution in [0.1, 0.15) is 213 Å². The van der Waals surface area contributed by atoms with E-state index in [0.29, 0.717) is 12.8 Å². The van der Waals surface area contributed by atoms with Crippen molar-refractivity contribution in [2.24, 2.45) is 0 Å². The summed E-state index contributed by atoms with van der Waals surface area (Å²) in [6.45, 7) is 3.43. The van der Waals surface area contributed by atoms with Gasteiger partial charge in [0.25, 0.3) is 0 Å². The van der Waals surface area contributed by atoms with Gasteiger partial charge in [0.05, 0.1) is 13.2 Å². The molecule has 2 amide bonds. The van der Waals surface area contributed by atoms with Gasteiger partial charge in [0, 0.05) is 12.8 Å². The third-order valence-corrected chi connectivity index (χ3v) is 9.94. The van der Waals surface area contributed by atoms with Crippen LogP contribution in [0.3, 0.4) is 0 Å². The second-order valence-electron chi connectivity index (χ2n) is 15.1. The SMILES string of the molecule is CCCCC/C=C\C/C=C\C(CCCCCCC(=O)NCC(=O)NC(CO)C(=O)O)OC(=O)CCCCCCCCCCCCCCCCCCCCC.